The van der Waals surface area contributed by atoms with E-state index in [9.17, 15) is 0 Å². The van der Waals surface area contributed by atoms with Crippen LogP contribution in [-0.2, 0) is 0 Å². The first-order chi connectivity index (χ1) is 14.1. The van der Waals surface area contributed by atoms with Crippen molar-refractivity contribution in [1.82, 2.24) is 29.5 Å². The number of hydrogen-bond donors (Lipinski definition) is 1. The largest absolute Gasteiger partial charge is 0.494 e. The highest BCUT2D eigenvalue weighted by Gasteiger charge is 2.27. The van der Waals surface area contributed by atoms with Crippen LogP contribution in [0, 0.1) is 6.92 Å². The molecule has 9 nitrogen and oxygen atoms in total. The van der Waals surface area contributed by atoms with Crippen molar-refractivity contribution < 1.29 is 4.74 Å². The maximum atomic E-state index is 6.19. The van der Waals surface area contributed by atoms with E-state index in [0.717, 1.165) is 48.7 Å². The zero-order chi connectivity index (χ0) is 20.0. The summed E-state index contributed by atoms with van der Waals surface area (Å²) in [6, 6.07) is 5.75. The lowest BCUT2D eigenvalue weighted by molar-refractivity contribution is 0.419. The third-order valence-corrected chi connectivity index (χ3v) is 5.38. The van der Waals surface area contributed by atoms with Crippen LogP contribution in [-0.4, -0.2) is 49.7 Å². The number of benzene rings is 1. The van der Waals surface area contributed by atoms with Crippen LogP contribution in [0.15, 0.2) is 30.6 Å². The van der Waals surface area contributed by atoms with Crippen LogP contribution in [0.4, 0.5) is 11.8 Å². The minimum atomic E-state index is 0.186. The van der Waals surface area contributed by atoms with Gasteiger partial charge >= 0.3 is 0 Å². The monoisotopic (exact) mass is 390 g/mol. The highest BCUT2D eigenvalue weighted by molar-refractivity contribution is 5.95. The van der Waals surface area contributed by atoms with Crippen LogP contribution in [0.2, 0.25) is 0 Å². The van der Waals surface area contributed by atoms with Crippen molar-refractivity contribution in [1.29, 1.82) is 0 Å². The van der Waals surface area contributed by atoms with Crippen molar-refractivity contribution in [2.45, 2.75) is 25.7 Å². The smallest absolute Gasteiger partial charge is 0.223 e. The maximum absolute atomic E-state index is 6.19. The number of hydrogen-bond acceptors (Lipinski definition) is 8. The molecule has 1 aliphatic rings. The second kappa shape index (κ2) is 6.84. The van der Waals surface area contributed by atoms with E-state index in [2.05, 4.69) is 19.9 Å². The Bertz CT molecular complexity index is 1200. The van der Waals surface area contributed by atoms with Gasteiger partial charge in [0.2, 0.25) is 5.95 Å². The van der Waals surface area contributed by atoms with E-state index >= 15 is 0 Å². The first-order valence-electron chi connectivity index (χ1n) is 9.66. The van der Waals surface area contributed by atoms with Crippen molar-refractivity contribution in [3.63, 3.8) is 0 Å². The number of anilines is 2. The molecule has 0 unspecified atom stereocenters. The molecule has 0 radical (unpaired) electrons. The van der Waals surface area contributed by atoms with Gasteiger partial charge in [-0.05, 0) is 31.9 Å². The molecule has 0 aliphatic carbocycles. The number of rotatable bonds is 3. The van der Waals surface area contributed by atoms with E-state index in [-0.39, 0.29) is 5.92 Å². The van der Waals surface area contributed by atoms with Gasteiger partial charge in [-0.15, -0.1) is 5.10 Å². The molecule has 0 saturated carbocycles. The Balaban J connectivity index is 1.55. The Hall–Kier alpha value is -3.49. The number of nitrogens with two attached hydrogens (primary N) is 1. The number of piperidine rings is 1. The van der Waals surface area contributed by atoms with Gasteiger partial charge in [-0.1, -0.05) is 6.07 Å². The quantitative estimate of drug-likeness (QED) is 0.568. The highest BCUT2D eigenvalue weighted by Crippen LogP contribution is 2.31. The van der Waals surface area contributed by atoms with Gasteiger partial charge in [-0.3, -0.25) is 4.98 Å². The van der Waals surface area contributed by atoms with Gasteiger partial charge in [-0.25, -0.2) is 15.0 Å². The normalized spacial score (nSPS) is 17.2. The lowest BCUT2D eigenvalue weighted by Crippen LogP contribution is -2.35. The van der Waals surface area contributed by atoms with E-state index in [0.29, 0.717) is 22.9 Å². The topological polar surface area (TPSA) is 107 Å². The average molecular weight is 390 g/mol. The zero-order valence-electron chi connectivity index (χ0n) is 16.4. The standard InChI is InChI=1S/C20H22N8O/c1-12-9-22-10-16(23-12)27-8-4-5-13(11-27)18-25-19-14-6-3-7-15(29-2)17(14)24-20(21)28(19)26-18/h3,6-7,9-10,13H,4-5,8,11H2,1-2H3,(H2,21,24)/t13-/m1/s1. The molecule has 1 atom stereocenters. The number of nitrogens with zero attached hydrogens (tertiary/aromatic N) is 7. The van der Waals surface area contributed by atoms with Gasteiger partial charge in [-0.2, -0.15) is 4.52 Å². The fraction of sp³-hybridized carbons (Fsp3) is 0.350. The number of fused-ring (bicyclic) bond motifs is 3. The van der Waals surface area contributed by atoms with E-state index in [4.69, 9.17) is 20.6 Å². The Morgan fingerprint density at radius 3 is 2.90 bits per heavy atom. The molecule has 1 fully saturated rings. The summed E-state index contributed by atoms with van der Waals surface area (Å²) in [5.74, 6) is 2.83. The van der Waals surface area contributed by atoms with Crippen LogP contribution < -0.4 is 15.4 Å². The molecule has 0 amide bonds. The molecule has 148 valence electrons. The number of methoxy groups -OCH3 is 1. The molecule has 9 heteroatoms. The third-order valence-electron chi connectivity index (χ3n) is 5.38. The van der Waals surface area contributed by atoms with E-state index in [1.807, 2.05) is 31.3 Å². The highest BCUT2D eigenvalue weighted by atomic mass is 16.5. The zero-order valence-corrected chi connectivity index (χ0v) is 16.4. The van der Waals surface area contributed by atoms with Gasteiger partial charge in [0, 0.05) is 30.6 Å². The van der Waals surface area contributed by atoms with E-state index in [1.54, 1.807) is 17.8 Å². The van der Waals surface area contributed by atoms with Crippen molar-refractivity contribution in [3.05, 3.63) is 42.1 Å². The van der Waals surface area contributed by atoms with E-state index in [1.165, 1.54) is 0 Å². The molecular weight excluding hydrogens is 368 g/mol. The van der Waals surface area contributed by atoms with Crippen LogP contribution in [0.25, 0.3) is 16.6 Å². The van der Waals surface area contributed by atoms with Gasteiger partial charge < -0.3 is 15.4 Å². The molecule has 1 aromatic carbocycles. The number of para-hydroxylation sites is 1. The fourth-order valence-electron chi connectivity index (χ4n) is 3.98. The van der Waals surface area contributed by atoms with Gasteiger partial charge in [0.1, 0.15) is 17.1 Å². The van der Waals surface area contributed by atoms with Gasteiger partial charge in [0.15, 0.2) is 11.5 Å². The molecule has 0 bridgehead atoms. The number of aryl methyl sites for hydroxylation is 1. The molecule has 29 heavy (non-hydrogen) atoms. The Morgan fingerprint density at radius 1 is 1.17 bits per heavy atom. The molecule has 2 N–H and O–H groups in total. The summed E-state index contributed by atoms with van der Waals surface area (Å²) in [5.41, 5.74) is 8.50. The predicted octanol–water partition coefficient (Wildman–Crippen LogP) is 2.35. The first-order valence-corrected chi connectivity index (χ1v) is 9.66. The second-order valence-corrected chi connectivity index (χ2v) is 7.34. The van der Waals surface area contributed by atoms with Crippen LogP contribution in [0.1, 0.15) is 30.3 Å². The molecular formula is C20H22N8O. The predicted molar refractivity (Wildman–Crippen MR) is 110 cm³/mol. The number of nitrogen functional groups attached to an aromatic ring is 1. The average Bonchev–Trinajstić information content (AvgIpc) is 3.20. The van der Waals surface area contributed by atoms with Gasteiger partial charge in [0.05, 0.1) is 19.0 Å². The van der Waals surface area contributed by atoms with Crippen molar-refractivity contribution >= 4 is 28.3 Å². The first kappa shape index (κ1) is 17.6. The van der Waals surface area contributed by atoms with Crippen molar-refractivity contribution in [3.8, 4) is 5.75 Å². The lowest BCUT2D eigenvalue weighted by atomic mass is 9.97. The number of aromatic nitrogens is 6. The summed E-state index contributed by atoms with van der Waals surface area (Å²) in [6.07, 6.45) is 5.64. The summed E-state index contributed by atoms with van der Waals surface area (Å²) in [4.78, 5) is 20.5. The van der Waals surface area contributed by atoms with Crippen LogP contribution >= 0.6 is 0 Å². The third kappa shape index (κ3) is 2.98. The summed E-state index contributed by atoms with van der Waals surface area (Å²) >= 11 is 0. The minimum absolute atomic E-state index is 0.186. The van der Waals surface area contributed by atoms with Crippen LogP contribution in [0.5, 0.6) is 5.75 Å². The summed E-state index contributed by atoms with van der Waals surface area (Å²) < 4.78 is 7.06. The summed E-state index contributed by atoms with van der Waals surface area (Å²) in [5, 5.41) is 5.57. The van der Waals surface area contributed by atoms with Crippen molar-refractivity contribution in [2.75, 3.05) is 30.8 Å². The molecule has 1 aliphatic heterocycles. The molecule has 4 heterocycles. The lowest BCUT2D eigenvalue weighted by Gasteiger charge is -2.32. The molecule has 5 rings (SSSR count). The van der Waals surface area contributed by atoms with Crippen LogP contribution in [0.3, 0.4) is 0 Å². The fourth-order valence-corrected chi connectivity index (χ4v) is 3.98. The molecule has 0 spiro atoms. The van der Waals surface area contributed by atoms with E-state index < -0.39 is 0 Å². The summed E-state index contributed by atoms with van der Waals surface area (Å²) in [7, 11) is 1.62. The number of ether oxygens (including phenoxy) is 1. The second-order valence-electron chi connectivity index (χ2n) is 7.34. The molecule has 3 aromatic heterocycles. The summed E-state index contributed by atoms with van der Waals surface area (Å²) in [6.45, 7) is 3.70. The SMILES string of the molecule is COc1cccc2c1nc(N)n1nc([C@@H]3CCCN(c4cncc(C)n4)C3)nc21. The molecule has 4 aromatic rings. The Morgan fingerprint density at radius 2 is 2.07 bits per heavy atom. The minimum Gasteiger partial charge on any atom is -0.494 e. The molecule has 1 saturated heterocycles. The Labute approximate surface area is 167 Å². The maximum Gasteiger partial charge on any atom is 0.223 e. The van der Waals surface area contributed by atoms with Gasteiger partial charge in [0.25, 0.3) is 0 Å². The Kier molecular flexibility index (Phi) is 4.15. The van der Waals surface area contributed by atoms with Crippen molar-refractivity contribution in [2.24, 2.45) is 0 Å².